The molecule has 0 bridgehead atoms. The molecular weight excluding hydrogens is 308 g/mol. The molecule has 2 aromatic rings. The SMILES string of the molecule is Cc1cc(N)c(NC(=O)c2cc(C)oc2C)c(Br)c1. The van der Waals surface area contributed by atoms with Crippen LogP contribution in [-0.2, 0) is 0 Å². The van der Waals surface area contributed by atoms with Crippen LogP contribution in [0.1, 0.15) is 27.4 Å². The van der Waals surface area contributed by atoms with Gasteiger partial charge in [0.05, 0.1) is 16.9 Å². The van der Waals surface area contributed by atoms with Crippen molar-refractivity contribution in [1.29, 1.82) is 0 Å². The van der Waals surface area contributed by atoms with E-state index in [1.807, 2.05) is 19.1 Å². The topological polar surface area (TPSA) is 68.3 Å². The molecule has 0 saturated heterocycles. The van der Waals surface area contributed by atoms with Gasteiger partial charge in [0, 0.05) is 4.47 Å². The zero-order chi connectivity index (χ0) is 14.2. The normalized spacial score (nSPS) is 10.5. The first-order valence-electron chi connectivity index (χ1n) is 5.82. The highest BCUT2D eigenvalue weighted by atomic mass is 79.9. The van der Waals surface area contributed by atoms with Gasteiger partial charge in [-0.1, -0.05) is 0 Å². The van der Waals surface area contributed by atoms with Crippen LogP contribution in [0, 0.1) is 20.8 Å². The van der Waals surface area contributed by atoms with E-state index in [2.05, 4.69) is 21.2 Å². The maximum Gasteiger partial charge on any atom is 0.259 e. The van der Waals surface area contributed by atoms with Gasteiger partial charge in [0.2, 0.25) is 0 Å². The zero-order valence-corrected chi connectivity index (χ0v) is 12.6. The Labute approximate surface area is 120 Å². The van der Waals surface area contributed by atoms with E-state index < -0.39 is 0 Å². The molecule has 1 heterocycles. The van der Waals surface area contributed by atoms with Gasteiger partial charge < -0.3 is 15.5 Å². The van der Waals surface area contributed by atoms with Gasteiger partial charge in [-0.15, -0.1) is 0 Å². The van der Waals surface area contributed by atoms with Crippen molar-refractivity contribution in [2.75, 3.05) is 11.1 Å². The van der Waals surface area contributed by atoms with Gasteiger partial charge in [0.1, 0.15) is 11.5 Å². The fraction of sp³-hybridized carbons (Fsp3) is 0.214. The van der Waals surface area contributed by atoms with E-state index in [0.717, 1.165) is 10.0 Å². The molecule has 3 N–H and O–H groups in total. The molecule has 0 fully saturated rings. The van der Waals surface area contributed by atoms with Crippen molar-refractivity contribution in [2.24, 2.45) is 0 Å². The van der Waals surface area contributed by atoms with Crippen LogP contribution in [0.5, 0.6) is 0 Å². The van der Waals surface area contributed by atoms with Crippen LogP contribution in [-0.4, -0.2) is 5.91 Å². The Bertz CT molecular complexity index is 624. The van der Waals surface area contributed by atoms with Crippen LogP contribution in [0.4, 0.5) is 11.4 Å². The average molecular weight is 323 g/mol. The van der Waals surface area contributed by atoms with Crippen LogP contribution < -0.4 is 11.1 Å². The molecule has 0 aliphatic heterocycles. The van der Waals surface area contributed by atoms with Crippen molar-refractivity contribution >= 4 is 33.2 Å². The number of benzene rings is 1. The second-order valence-electron chi connectivity index (χ2n) is 4.49. The standard InChI is InChI=1S/C14H15BrN2O2/c1-7-4-11(15)13(12(16)5-7)17-14(18)10-6-8(2)19-9(10)3/h4-6H,16H2,1-3H3,(H,17,18). The summed E-state index contributed by atoms with van der Waals surface area (Å²) in [5, 5.41) is 2.81. The number of rotatable bonds is 2. The summed E-state index contributed by atoms with van der Waals surface area (Å²) in [4.78, 5) is 12.2. The molecule has 4 nitrogen and oxygen atoms in total. The number of halogens is 1. The highest BCUT2D eigenvalue weighted by Crippen LogP contribution is 2.31. The summed E-state index contributed by atoms with van der Waals surface area (Å²) < 4.78 is 6.11. The van der Waals surface area contributed by atoms with E-state index in [9.17, 15) is 4.79 Å². The van der Waals surface area contributed by atoms with Crippen molar-refractivity contribution in [3.8, 4) is 0 Å². The van der Waals surface area contributed by atoms with Crippen LogP contribution in [0.3, 0.4) is 0 Å². The molecule has 1 amide bonds. The number of nitrogens with one attached hydrogen (secondary N) is 1. The fourth-order valence-electron chi connectivity index (χ4n) is 1.94. The Morgan fingerprint density at radius 2 is 1.95 bits per heavy atom. The van der Waals surface area contributed by atoms with Crippen LogP contribution >= 0.6 is 15.9 Å². The van der Waals surface area contributed by atoms with Crippen molar-refractivity contribution in [1.82, 2.24) is 0 Å². The Morgan fingerprint density at radius 1 is 1.26 bits per heavy atom. The summed E-state index contributed by atoms with van der Waals surface area (Å²) in [6, 6.07) is 5.43. The lowest BCUT2D eigenvalue weighted by Crippen LogP contribution is -2.14. The van der Waals surface area contributed by atoms with Crippen molar-refractivity contribution in [3.63, 3.8) is 0 Å². The minimum atomic E-state index is -0.231. The minimum absolute atomic E-state index is 0.231. The number of furan rings is 1. The Hall–Kier alpha value is -1.75. The maximum absolute atomic E-state index is 12.2. The number of amides is 1. The number of hydrogen-bond donors (Lipinski definition) is 2. The van der Waals surface area contributed by atoms with Gasteiger partial charge >= 0.3 is 0 Å². The van der Waals surface area contributed by atoms with Gasteiger partial charge in [-0.05, 0) is 60.5 Å². The third kappa shape index (κ3) is 2.81. The lowest BCUT2D eigenvalue weighted by molar-refractivity contribution is 0.102. The van der Waals surface area contributed by atoms with Gasteiger partial charge in [0.15, 0.2) is 0 Å². The molecule has 100 valence electrons. The molecule has 1 aromatic carbocycles. The summed E-state index contributed by atoms with van der Waals surface area (Å²) in [6.07, 6.45) is 0. The molecule has 0 radical (unpaired) electrons. The molecular formula is C14H15BrN2O2. The van der Waals surface area contributed by atoms with E-state index in [1.54, 1.807) is 19.9 Å². The lowest BCUT2D eigenvalue weighted by atomic mass is 10.1. The molecule has 2 rings (SSSR count). The molecule has 0 saturated carbocycles. The van der Waals surface area contributed by atoms with Crippen LogP contribution in [0.15, 0.2) is 27.1 Å². The highest BCUT2D eigenvalue weighted by Gasteiger charge is 2.16. The molecule has 0 unspecified atom stereocenters. The maximum atomic E-state index is 12.2. The Balaban J connectivity index is 2.32. The Kier molecular flexibility index (Phi) is 3.66. The third-order valence-corrected chi connectivity index (χ3v) is 3.41. The summed E-state index contributed by atoms with van der Waals surface area (Å²) in [7, 11) is 0. The van der Waals surface area contributed by atoms with Gasteiger partial charge in [-0.2, -0.15) is 0 Å². The monoisotopic (exact) mass is 322 g/mol. The van der Waals surface area contributed by atoms with E-state index in [0.29, 0.717) is 28.5 Å². The number of carbonyl (C=O) groups is 1. The van der Waals surface area contributed by atoms with Gasteiger partial charge in [-0.3, -0.25) is 4.79 Å². The molecule has 0 atom stereocenters. The third-order valence-electron chi connectivity index (χ3n) is 2.79. The second kappa shape index (κ2) is 5.09. The first kappa shape index (κ1) is 13.7. The molecule has 0 aliphatic carbocycles. The first-order chi connectivity index (χ1) is 8.88. The smallest absolute Gasteiger partial charge is 0.259 e. The van der Waals surface area contributed by atoms with E-state index in [4.69, 9.17) is 10.2 Å². The number of nitrogens with two attached hydrogens (primary N) is 1. The second-order valence-corrected chi connectivity index (χ2v) is 5.35. The predicted molar refractivity (Wildman–Crippen MR) is 79.4 cm³/mol. The van der Waals surface area contributed by atoms with Crippen LogP contribution in [0.2, 0.25) is 0 Å². The van der Waals surface area contributed by atoms with Crippen LogP contribution in [0.25, 0.3) is 0 Å². The van der Waals surface area contributed by atoms with E-state index >= 15 is 0 Å². The van der Waals surface area contributed by atoms with E-state index in [1.165, 1.54) is 0 Å². The minimum Gasteiger partial charge on any atom is -0.466 e. The predicted octanol–water partition coefficient (Wildman–Crippen LogP) is 3.80. The van der Waals surface area contributed by atoms with Gasteiger partial charge in [0.25, 0.3) is 5.91 Å². The van der Waals surface area contributed by atoms with Gasteiger partial charge in [-0.25, -0.2) is 0 Å². The quantitative estimate of drug-likeness (QED) is 0.826. The molecule has 5 heteroatoms. The Morgan fingerprint density at radius 3 is 2.47 bits per heavy atom. The fourth-order valence-corrected chi connectivity index (χ4v) is 2.63. The largest absolute Gasteiger partial charge is 0.466 e. The summed E-state index contributed by atoms with van der Waals surface area (Å²) >= 11 is 3.40. The number of anilines is 2. The zero-order valence-electron chi connectivity index (χ0n) is 11.0. The van der Waals surface area contributed by atoms with Crippen molar-refractivity contribution in [3.05, 3.63) is 45.3 Å². The number of aryl methyl sites for hydroxylation is 3. The molecule has 0 aliphatic rings. The van der Waals surface area contributed by atoms with Crippen molar-refractivity contribution < 1.29 is 9.21 Å². The number of hydrogen-bond acceptors (Lipinski definition) is 3. The van der Waals surface area contributed by atoms with E-state index in [-0.39, 0.29) is 5.91 Å². The molecule has 1 aromatic heterocycles. The number of carbonyl (C=O) groups excluding carboxylic acids is 1. The summed E-state index contributed by atoms with van der Waals surface area (Å²) in [6.45, 7) is 5.51. The molecule has 19 heavy (non-hydrogen) atoms. The summed E-state index contributed by atoms with van der Waals surface area (Å²) in [5.41, 5.74) is 8.57. The van der Waals surface area contributed by atoms with Crippen molar-refractivity contribution in [2.45, 2.75) is 20.8 Å². The average Bonchev–Trinajstić information content (AvgIpc) is 2.62. The number of nitrogen functional groups attached to an aromatic ring is 1. The first-order valence-corrected chi connectivity index (χ1v) is 6.62. The highest BCUT2D eigenvalue weighted by molar-refractivity contribution is 9.10. The summed E-state index contributed by atoms with van der Waals surface area (Å²) in [5.74, 6) is 1.07. The molecule has 0 spiro atoms. The lowest BCUT2D eigenvalue weighted by Gasteiger charge is -2.11.